The molecule has 0 saturated heterocycles. The summed E-state index contributed by atoms with van der Waals surface area (Å²) in [6.45, 7) is 2.13. The highest BCUT2D eigenvalue weighted by atomic mass is 16.5. The van der Waals surface area contributed by atoms with Gasteiger partial charge in [0.05, 0.1) is 12.5 Å². The van der Waals surface area contributed by atoms with Crippen LogP contribution >= 0.6 is 0 Å². The molecule has 2 fully saturated rings. The molecule has 3 nitrogen and oxygen atoms in total. The Hall–Kier alpha value is -2.16. The van der Waals surface area contributed by atoms with Crippen molar-refractivity contribution in [1.29, 1.82) is 0 Å². The molecule has 4 unspecified atom stereocenters. The molecule has 0 aromatic heterocycles. The molecule has 0 N–H and O–H groups in total. The van der Waals surface area contributed by atoms with Gasteiger partial charge in [-0.25, -0.2) is 0 Å². The smallest absolute Gasteiger partial charge is 0.148 e. The lowest BCUT2D eigenvalue weighted by Crippen LogP contribution is -2.45. The molecule has 0 amide bonds. The maximum Gasteiger partial charge on any atom is 0.148 e. The Balaban J connectivity index is 1.32. The van der Waals surface area contributed by atoms with Crippen molar-refractivity contribution in [3.63, 3.8) is 0 Å². The number of hydrogen-bond acceptors (Lipinski definition) is 3. The van der Waals surface area contributed by atoms with E-state index >= 15 is 0 Å². The number of allylic oxidation sites excluding steroid dienone is 4. The Morgan fingerprint density at radius 3 is 2.72 bits per heavy atom. The van der Waals surface area contributed by atoms with Crippen molar-refractivity contribution in [1.82, 2.24) is 0 Å². The number of carbonyl (C=O) groups excluding carboxylic acids is 2. The molecule has 5 rings (SSSR count). The van der Waals surface area contributed by atoms with Crippen LogP contribution < -0.4 is 0 Å². The number of aryl methyl sites for hydroxylation is 1. The average molecular weight is 433 g/mol. The summed E-state index contributed by atoms with van der Waals surface area (Å²) in [5.74, 6) is 2.78. The highest BCUT2D eigenvalue weighted by molar-refractivity contribution is 5.90. The Morgan fingerprint density at radius 1 is 1.03 bits per heavy atom. The van der Waals surface area contributed by atoms with Gasteiger partial charge in [-0.15, -0.1) is 0 Å². The van der Waals surface area contributed by atoms with Crippen LogP contribution in [0.25, 0.3) is 0 Å². The van der Waals surface area contributed by atoms with Crippen LogP contribution in [0.2, 0.25) is 0 Å². The summed E-state index contributed by atoms with van der Waals surface area (Å²) in [6, 6.07) is 10.6. The van der Waals surface area contributed by atoms with E-state index in [0.717, 1.165) is 37.9 Å². The van der Waals surface area contributed by atoms with E-state index in [9.17, 15) is 9.59 Å². The molecule has 4 aliphatic rings. The third-order valence-corrected chi connectivity index (χ3v) is 8.36. The van der Waals surface area contributed by atoms with Gasteiger partial charge in [0, 0.05) is 18.8 Å². The largest absolute Gasteiger partial charge is 0.495 e. The number of Topliss-reactive ketones (excluding diaryl/α,β-unsaturated/α-hetero) is 2. The quantitative estimate of drug-likeness (QED) is 0.524. The fraction of sp³-hybridized carbons (Fsp3) is 0.586. The van der Waals surface area contributed by atoms with Crippen LogP contribution in [0.15, 0.2) is 53.3 Å². The normalized spacial score (nSPS) is 30.7. The minimum absolute atomic E-state index is 0.0608. The Morgan fingerprint density at radius 2 is 1.88 bits per heavy atom. The van der Waals surface area contributed by atoms with Crippen molar-refractivity contribution < 1.29 is 14.3 Å². The first-order chi connectivity index (χ1) is 15.6. The highest BCUT2D eigenvalue weighted by Crippen LogP contribution is 2.55. The van der Waals surface area contributed by atoms with E-state index in [-0.39, 0.29) is 23.7 Å². The van der Waals surface area contributed by atoms with Crippen LogP contribution in [0.5, 0.6) is 0 Å². The third-order valence-electron chi connectivity index (χ3n) is 8.36. The van der Waals surface area contributed by atoms with Gasteiger partial charge < -0.3 is 4.74 Å². The number of fused-ring (bicyclic) bond motifs is 5. The van der Waals surface area contributed by atoms with E-state index in [1.165, 1.54) is 36.0 Å². The number of benzene rings is 1. The molecule has 3 heteroatoms. The second-order valence-corrected chi connectivity index (χ2v) is 10.5. The van der Waals surface area contributed by atoms with Crippen molar-refractivity contribution in [2.45, 2.75) is 83.7 Å². The van der Waals surface area contributed by atoms with E-state index in [4.69, 9.17) is 4.74 Å². The van der Waals surface area contributed by atoms with Gasteiger partial charge in [-0.1, -0.05) is 42.3 Å². The summed E-state index contributed by atoms with van der Waals surface area (Å²) in [5, 5.41) is 0. The average Bonchev–Trinajstić information content (AvgIpc) is 2.79. The molecule has 170 valence electrons. The predicted molar refractivity (Wildman–Crippen MR) is 126 cm³/mol. The fourth-order valence-electron chi connectivity index (χ4n) is 6.96. The van der Waals surface area contributed by atoms with Gasteiger partial charge in [-0.3, -0.25) is 9.59 Å². The lowest BCUT2D eigenvalue weighted by Gasteiger charge is -2.49. The first kappa shape index (κ1) is 21.7. The van der Waals surface area contributed by atoms with E-state index in [1.807, 2.05) is 0 Å². The summed E-state index contributed by atoms with van der Waals surface area (Å²) in [7, 11) is 0. The lowest BCUT2D eigenvalue weighted by molar-refractivity contribution is -0.129. The molecule has 4 aliphatic carbocycles. The first-order valence-corrected chi connectivity index (χ1v) is 12.8. The maximum atomic E-state index is 13.4. The van der Waals surface area contributed by atoms with E-state index in [0.29, 0.717) is 36.9 Å². The lowest BCUT2D eigenvalue weighted by atomic mass is 9.54. The minimum atomic E-state index is -0.0608. The Labute approximate surface area is 192 Å². The van der Waals surface area contributed by atoms with Crippen LogP contribution in [-0.2, 0) is 20.7 Å². The van der Waals surface area contributed by atoms with Crippen LogP contribution in [0, 0.1) is 23.7 Å². The number of rotatable bonds is 6. The highest BCUT2D eigenvalue weighted by Gasteiger charge is 2.49. The molecule has 1 aromatic rings. The van der Waals surface area contributed by atoms with Crippen molar-refractivity contribution in [2.24, 2.45) is 23.7 Å². The minimum Gasteiger partial charge on any atom is -0.495 e. The second-order valence-electron chi connectivity index (χ2n) is 10.5. The molecule has 0 bridgehead atoms. The van der Waals surface area contributed by atoms with Gasteiger partial charge in [-0.2, -0.15) is 0 Å². The molecule has 0 heterocycles. The molecule has 1 aromatic carbocycles. The van der Waals surface area contributed by atoms with Gasteiger partial charge in [0.2, 0.25) is 0 Å². The van der Waals surface area contributed by atoms with Gasteiger partial charge in [0.25, 0.3) is 0 Å². The first-order valence-electron chi connectivity index (χ1n) is 12.8. The summed E-state index contributed by atoms with van der Waals surface area (Å²) >= 11 is 0. The number of carbonyl (C=O) groups is 2. The third kappa shape index (κ3) is 4.36. The maximum absolute atomic E-state index is 13.4. The van der Waals surface area contributed by atoms with Gasteiger partial charge in [0.1, 0.15) is 17.3 Å². The summed E-state index contributed by atoms with van der Waals surface area (Å²) in [5.41, 5.74) is 4.14. The number of ketones is 2. The van der Waals surface area contributed by atoms with Crippen molar-refractivity contribution >= 4 is 11.6 Å². The second kappa shape index (κ2) is 9.37. The summed E-state index contributed by atoms with van der Waals surface area (Å²) in [4.78, 5) is 25.7. The molecular formula is C29H36O3. The van der Waals surface area contributed by atoms with Crippen molar-refractivity contribution in [3.05, 3.63) is 58.9 Å². The Kier molecular flexibility index (Phi) is 6.35. The van der Waals surface area contributed by atoms with Crippen LogP contribution in [-0.4, -0.2) is 17.7 Å². The summed E-state index contributed by atoms with van der Waals surface area (Å²) in [6.07, 6.45) is 13.0. The summed E-state index contributed by atoms with van der Waals surface area (Å²) < 4.78 is 6.32. The predicted octanol–water partition coefficient (Wildman–Crippen LogP) is 6.37. The number of hydrogen-bond donors (Lipinski definition) is 0. The molecule has 5 atom stereocenters. The van der Waals surface area contributed by atoms with Crippen LogP contribution in [0.3, 0.4) is 0 Å². The standard InChI is InChI=1S/C29H36O3/c1-19(8-7-11-20-9-3-2-4-10-20)32-22-17-27-24-13-6-5-12-23(24)25-15-14-21(30)16-26(25)29(27)28(31)18-22/h2-4,9-10,17,19,23,25-26,29H,5-8,11-16,18H2,1H3/t19-,23?,25?,26?,29?/m1/s1. The van der Waals surface area contributed by atoms with Crippen LogP contribution in [0.1, 0.15) is 76.7 Å². The number of ether oxygens (including phenoxy) is 1. The van der Waals surface area contributed by atoms with E-state index in [1.54, 1.807) is 0 Å². The van der Waals surface area contributed by atoms with Crippen LogP contribution in [0.4, 0.5) is 0 Å². The molecule has 0 aliphatic heterocycles. The monoisotopic (exact) mass is 432 g/mol. The van der Waals surface area contributed by atoms with E-state index in [2.05, 4.69) is 43.3 Å². The Bertz CT molecular complexity index is 925. The van der Waals surface area contributed by atoms with Crippen molar-refractivity contribution in [3.8, 4) is 0 Å². The zero-order valence-electron chi connectivity index (χ0n) is 19.4. The molecular weight excluding hydrogens is 396 g/mol. The SMILES string of the molecule is C[C@H](CCCc1ccccc1)OC1=CC2=C3CCCCC3C3CCC(=O)CC3C2C(=O)C1. The van der Waals surface area contributed by atoms with E-state index < -0.39 is 0 Å². The van der Waals surface area contributed by atoms with Gasteiger partial charge in [0.15, 0.2) is 0 Å². The van der Waals surface area contributed by atoms with Gasteiger partial charge in [-0.05, 0) is 86.8 Å². The topological polar surface area (TPSA) is 43.4 Å². The van der Waals surface area contributed by atoms with Gasteiger partial charge >= 0.3 is 0 Å². The molecule has 0 spiro atoms. The zero-order chi connectivity index (χ0) is 22.1. The van der Waals surface area contributed by atoms with Crippen molar-refractivity contribution in [2.75, 3.05) is 0 Å². The molecule has 2 saturated carbocycles. The molecule has 0 radical (unpaired) electrons. The fourth-order valence-corrected chi connectivity index (χ4v) is 6.96. The zero-order valence-corrected chi connectivity index (χ0v) is 19.4. The molecule has 32 heavy (non-hydrogen) atoms.